The third-order valence-electron chi connectivity index (χ3n) is 3.18. The minimum atomic E-state index is -0.00910. The van der Waals surface area contributed by atoms with Crippen molar-refractivity contribution in [2.75, 3.05) is 0 Å². The van der Waals surface area contributed by atoms with Crippen LogP contribution in [0.5, 0.6) is 0 Å². The first kappa shape index (κ1) is 13.1. The molecule has 2 rings (SSSR count). The molecular weight excluding hydrogens is 288 g/mol. The van der Waals surface area contributed by atoms with E-state index in [4.69, 9.17) is 0 Å². The zero-order chi connectivity index (χ0) is 13.0. The number of rotatable bonds is 2. The number of Topliss-reactive ketones (excluding diaryl/α,β-unsaturated/α-hetero) is 1. The number of hydrogen-bond acceptors (Lipinski definition) is 1. The predicted molar refractivity (Wildman–Crippen MR) is 78.3 cm³/mol. The topological polar surface area (TPSA) is 17.1 Å². The van der Waals surface area contributed by atoms with E-state index >= 15 is 0 Å². The van der Waals surface area contributed by atoms with Crippen LogP contribution in [-0.2, 0) is 4.79 Å². The van der Waals surface area contributed by atoms with Crippen LogP contribution in [0.25, 0.3) is 0 Å². The van der Waals surface area contributed by atoms with Gasteiger partial charge < -0.3 is 0 Å². The number of ketones is 1. The van der Waals surface area contributed by atoms with Crippen molar-refractivity contribution in [1.82, 2.24) is 0 Å². The highest BCUT2D eigenvalue weighted by Gasteiger charge is 2.26. The van der Waals surface area contributed by atoms with E-state index in [0.717, 1.165) is 16.5 Å². The van der Waals surface area contributed by atoms with E-state index in [2.05, 4.69) is 34.7 Å². The van der Waals surface area contributed by atoms with Crippen LogP contribution in [0.1, 0.15) is 13.3 Å². The molecule has 0 N–H and O–H groups in total. The normalized spacial score (nSPS) is 26.3. The van der Waals surface area contributed by atoms with Crippen molar-refractivity contribution in [1.29, 1.82) is 0 Å². The number of hydrogen-bond donors (Lipinski definition) is 0. The Morgan fingerprint density at radius 3 is 3.00 bits per heavy atom. The molecule has 0 fully saturated rings. The molecule has 2 atom stereocenters. The fraction of sp³-hybridized carbons (Fsp3) is 0.250. The van der Waals surface area contributed by atoms with E-state index in [9.17, 15) is 4.79 Å². The Balaban J connectivity index is 2.25. The summed E-state index contributed by atoms with van der Waals surface area (Å²) in [7, 11) is 0. The summed E-state index contributed by atoms with van der Waals surface area (Å²) in [6.07, 6.45) is 16.1. The summed E-state index contributed by atoms with van der Waals surface area (Å²) in [5.74, 6) is 0.423. The Hall–Kier alpha value is -1.37. The van der Waals surface area contributed by atoms with Crippen molar-refractivity contribution in [3.8, 4) is 0 Å². The number of halogens is 1. The third-order valence-corrected chi connectivity index (χ3v) is 3.77. The monoisotopic (exact) mass is 302 g/mol. The highest BCUT2D eigenvalue weighted by Crippen LogP contribution is 2.30. The number of carbonyl (C=O) groups is 1. The van der Waals surface area contributed by atoms with E-state index in [1.807, 2.05) is 36.5 Å². The van der Waals surface area contributed by atoms with Crippen LogP contribution in [0.4, 0.5) is 0 Å². The van der Waals surface area contributed by atoms with Gasteiger partial charge in [0.15, 0.2) is 5.78 Å². The van der Waals surface area contributed by atoms with Crippen LogP contribution in [0.3, 0.4) is 0 Å². The fourth-order valence-electron chi connectivity index (χ4n) is 2.09. The molecule has 0 spiro atoms. The van der Waals surface area contributed by atoms with Gasteiger partial charge in [-0.25, -0.2) is 0 Å². The molecule has 2 unspecified atom stereocenters. The molecule has 2 heteroatoms. The quantitative estimate of drug-likeness (QED) is 0.697. The molecule has 0 bridgehead atoms. The molecule has 0 saturated carbocycles. The lowest BCUT2D eigenvalue weighted by Crippen LogP contribution is -2.21. The molecule has 0 aromatic carbocycles. The summed E-state index contributed by atoms with van der Waals surface area (Å²) < 4.78 is 1.07. The molecule has 0 saturated heterocycles. The summed E-state index contributed by atoms with van der Waals surface area (Å²) >= 11 is 3.51. The van der Waals surface area contributed by atoms with Crippen LogP contribution in [-0.4, -0.2) is 5.78 Å². The van der Waals surface area contributed by atoms with Crippen molar-refractivity contribution in [2.45, 2.75) is 13.3 Å². The first-order valence-corrected chi connectivity index (χ1v) is 6.84. The molecule has 0 radical (unpaired) electrons. The minimum absolute atomic E-state index is 0.00910. The Bertz CT molecular complexity index is 525. The Morgan fingerprint density at radius 1 is 1.33 bits per heavy atom. The van der Waals surface area contributed by atoms with Gasteiger partial charge in [-0.3, -0.25) is 4.79 Å². The molecule has 92 valence electrons. The van der Waals surface area contributed by atoms with Gasteiger partial charge in [0.2, 0.25) is 0 Å². The highest BCUT2D eigenvalue weighted by atomic mass is 79.9. The maximum atomic E-state index is 12.5. The summed E-state index contributed by atoms with van der Waals surface area (Å²) in [4.78, 5) is 12.5. The van der Waals surface area contributed by atoms with Gasteiger partial charge in [-0.05, 0) is 29.0 Å². The van der Waals surface area contributed by atoms with Gasteiger partial charge in [-0.15, -0.1) is 5.73 Å². The maximum Gasteiger partial charge on any atom is 0.167 e. The second-order valence-electron chi connectivity index (χ2n) is 4.52. The molecule has 0 aliphatic heterocycles. The van der Waals surface area contributed by atoms with Crippen LogP contribution < -0.4 is 0 Å². The molecule has 2 aliphatic carbocycles. The second kappa shape index (κ2) is 5.99. The largest absolute Gasteiger partial charge is 0.294 e. The van der Waals surface area contributed by atoms with E-state index in [-0.39, 0.29) is 17.6 Å². The van der Waals surface area contributed by atoms with Gasteiger partial charge >= 0.3 is 0 Å². The standard InChI is InChI=1S/C16H15BrO/c1-12-7-6-10-14(17)11-15(12)16(18)13-8-4-2-3-5-9-13/h2-4,6-10,12,15H,11H2,1H3. The van der Waals surface area contributed by atoms with Crippen molar-refractivity contribution in [2.24, 2.45) is 11.8 Å². The van der Waals surface area contributed by atoms with Gasteiger partial charge in [0.05, 0.1) is 0 Å². The maximum absolute atomic E-state index is 12.5. The Morgan fingerprint density at radius 2 is 2.17 bits per heavy atom. The molecular formula is C16H15BrO. The van der Waals surface area contributed by atoms with Crippen LogP contribution in [0.2, 0.25) is 0 Å². The average Bonchev–Trinajstić information content (AvgIpc) is 2.70. The fourth-order valence-corrected chi connectivity index (χ4v) is 2.59. The molecule has 0 heterocycles. The van der Waals surface area contributed by atoms with Gasteiger partial charge in [0.25, 0.3) is 0 Å². The van der Waals surface area contributed by atoms with Gasteiger partial charge in [0.1, 0.15) is 0 Å². The van der Waals surface area contributed by atoms with Gasteiger partial charge in [-0.1, -0.05) is 59.3 Å². The molecule has 18 heavy (non-hydrogen) atoms. The molecule has 2 aliphatic rings. The Labute approximate surface area is 116 Å². The summed E-state index contributed by atoms with van der Waals surface area (Å²) in [6, 6.07) is 0. The van der Waals surface area contributed by atoms with E-state index < -0.39 is 0 Å². The third kappa shape index (κ3) is 3.10. The predicted octanol–water partition coefficient (Wildman–Crippen LogP) is 4.25. The molecule has 0 aromatic heterocycles. The smallest absolute Gasteiger partial charge is 0.167 e. The van der Waals surface area contributed by atoms with Crippen molar-refractivity contribution in [3.05, 3.63) is 64.4 Å². The molecule has 1 nitrogen and oxygen atoms in total. The van der Waals surface area contributed by atoms with Gasteiger partial charge in [-0.2, -0.15) is 0 Å². The zero-order valence-corrected chi connectivity index (χ0v) is 11.9. The van der Waals surface area contributed by atoms with E-state index in [1.165, 1.54) is 0 Å². The van der Waals surface area contributed by atoms with Crippen molar-refractivity contribution < 1.29 is 4.79 Å². The first-order chi connectivity index (χ1) is 8.68. The Kier molecular flexibility index (Phi) is 4.35. The average molecular weight is 303 g/mol. The van der Waals surface area contributed by atoms with Crippen LogP contribution in [0.15, 0.2) is 64.4 Å². The second-order valence-corrected chi connectivity index (χ2v) is 5.54. The lowest BCUT2D eigenvalue weighted by molar-refractivity contribution is -0.119. The van der Waals surface area contributed by atoms with E-state index in [1.54, 1.807) is 6.08 Å². The molecule has 0 aromatic rings. The van der Waals surface area contributed by atoms with Crippen LogP contribution in [0, 0.1) is 11.8 Å². The highest BCUT2D eigenvalue weighted by molar-refractivity contribution is 9.11. The zero-order valence-electron chi connectivity index (χ0n) is 10.3. The SMILES string of the molecule is CC1C=CC=C(Br)CC1C(=O)C1=CC=CC=C=C1. The summed E-state index contributed by atoms with van der Waals surface area (Å²) in [6.45, 7) is 2.09. The van der Waals surface area contributed by atoms with E-state index in [0.29, 0.717) is 0 Å². The lowest BCUT2D eigenvalue weighted by Gasteiger charge is -2.19. The van der Waals surface area contributed by atoms with Crippen molar-refractivity contribution >= 4 is 21.7 Å². The lowest BCUT2D eigenvalue weighted by atomic mass is 9.84. The van der Waals surface area contributed by atoms with Gasteiger partial charge in [0, 0.05) is 11.5 Å². The van der Waals surface area contributed by atoms with Crippen molar-refractivity contribution in [3.63, 3.8) is 0 Å². The van der Waals surface area contributed by atoms with Crippen LogP contribution >= 0.6 is 15.9 Å². The first-order valence-electron chi connectivity index (χ1n) is 6.05. The number of carbonyl (C=O) groups excluding carboxylic acids is 1. The summed E-state index contributed by atoms with van der Waals surface area (Å²) in [5.41, 5.74) is 3.72. The summed E-state index contributed by atoms with van der Waals surface area (Å²) in [5, 5.41) is 0. The minimum Gasteiger partial charge on any atom is -0.294 e. The molecule has 0 amide bonds. The number of allylic oxidation sites excluding steroid dienone is 9.